The Bertz CT molecular complexity index is 1360. The number of fused-ring (bicyclic) bond motifs is 1. The van der Waals surface area contributed by atoms with Gasteiger partial charge in [0.1, 0.15) is 5.58 Å². The number of para-hydroxylation sites is 1. The maximum Gasteiger partial charge on any atom is 0.294 e. The summed E-state index contributed by atoms with van der Waals surface area (Å²) in [7, 11) is 0. The second kappa shape index (κ2) is 9.63. The van der Waals surface area contributed by atoms with Gasteiger partial charge in [0.2, 0.25) is 0 Å². The molecule has 2 heterocycles. The van der Waals surface area contributed by atoms with E-state index in [1.807, 2.05) is 66.7 Å². The summed E-state index contributed by atoms with van der Waals surface area (Å²) in [4.78, 5) is 19.5. The fourth-order valence-corrected chi connectivity index (χ4v) is 3.99. The first kappa shape index (κ1) is 21.5. The van der Waals surface area contributed by atoms with Crippen LogP contribution in [0.4, 0.5) is 11.4 Å². The van der Waals surface area contributed by atoms with Gasteiger partial charge in [0.25, 0.3) is 5.91 Å². The summed E-state index contributed by atoms with van der Waals surface area (Å²) in [5.41, 5.74) is 5.77. The fourth-order valence-electron chi connectivity index (χ4n) is 3.99. The van der Waals surface area contributed by atoms with E-state index in [9.17, 15) is 4.79 Å². The predicted octanol–water partition coefficient (Wildman–Crippen LogP) is 6.77. The highest BCUT2D eigenvalue weighted by atomic mass is 16.3. The summed E-state index contributed by atoms with van der Waals surface area (Å²) < 4.78 is 5.90. The van der Waals surface area contributed by atoms with Crippen molar-refractivity contribution in [3.05, 3.63) is 115 Å². The van der Waals surface area contributed by atoms with Crippen LogP contribution in [0.25, 0.3) is 22.1 Å². The molecule has 0 unspecified atom stereocenters. The molecule has 0 bridgehead atoms. The van der Waals surface area contributed by atoms with E-state index < -0.39 is 0 Å². The molecule has 2 aromatic heterocycles. The Morgan fingerprint density at radius 2 is 1.59 bits per heavy atom. The minimum atomic E-state index is -0.175. The maximum atomic E-state index is 13.6. The molecule has 3 aromatic carbocycles. The van der Waals surface area contributed by atoms with Gasteiger partial charge in [-0.15, -0.1) is 0 Å². The quantitative estimate of drug-likeness (QED) is 0.299. The maximum absolute atomic E-state index is 13.6. The first-order chi connectivity index (χ1) is 16.7. The topological polar surface area (TPSA) is 58.4 Å². The van der Waals surface area contributed by atoms with Crippen molar-refractivity contribution in [3.8, 4) is 11.1 Å². The van der Waals surface area contributed by atoms with E-state index in [0.29, 0.717) is 17.9 Å². The molecule has 0 aliphatic heterocycles. The highest BCUT2D eigenvalue weighted by molar-refractivity contribution is 6.06. The summed E-state index contributed by atoms with van der Waals surface area (Å²) >= 11 is 0. The van der Waals surface area contributed by atoms with Gasteiger partial charge in [0, 0.05) is 35.7 Å². The minimum Gasteiger partial charge on any atom is -0.451 e. The lowest BCUT2D eigenvalue weighted by atomic mass is 10.0. The van der Waals surface area contributed by atoms with Crippen LogP contribution in [0, 0.1) is 0 Å². The smallest absolute Gasteiger partial charge is 0.294 e. The van der Waals surface area contributed by atoms with E-state index in [4.69, 9.17) is 4.42 Å². The van der Waals surface area contributed by atoms with Crippen LogP contribution in [-0.4, -0.2) is 17.4 Å². The Morgan fingerprint density at radius 3 is 2.29 bits per heavy atom. The number of carbonyl (C=O) groups excluding carboxylic acids is 1. The number of anilines is 2. The Hall–Kier alpha value is -4.38. The molecule has 1 N–H and O–H groups in total. The third kappa shape index (κ3) is 4.55. The number of rotatable bonds is 7. The van der Waals surface area contributed by atoms with E-state index in [2.05, 4.69) is 41.5 Å². The minimum absolute atomic E-state index is 0.175. The molecule has 0 radical (unpaired) electrons. The molecular formula is C29H25N3O2. The Labute approximate surface area is 198 Å². The van der Waals surface area contributed by atoms with Crippen LogP contribution in [0.2, 0.25) is 0 Å². The van der Waals surface area contributed by atoms with Crippen molar-refractivity contribution in [1.82, 2.24) is 4.98 Å². The molecule has 168 valence electrons. The van der Waals surface area contributed by atoms with Crippen molar-refractivity contribution in [2.75, 3.05) is 16.8 Å². The number of nitrogens with zero attached hydrogens (tertiary/aromatic N) is 2. The van der Waals surface area contributed by atoms with Crippen LogP contribution in [0.15, 0.2) is 108 Å². The third-order valence-corrected chi connectivity index (χ3v) is 5.75. The lowest BCUT2D eigenvalue weighted by Crippen LogP contribution is -2.30. The second-order valence-corrected chi connectivity index (χ2v) is 8.05. The lowest BCUT2D eigenvalue weighted by molar-refractivity contribution is 0.0960. The van der Waals surface area contributed by atoms with Crippen LogP contribution >= 0.6 is 0 Å². The first-order valence-corrected chi connectivity index (χ1v) is 11.3. The average Bonchev–Trinajstić information content (AvgIpc) is 3.33. The molecule has 0 aliphatic rings. The molecule has 0 aliphatic carbocycles. The predicted molar refractivity (Wildman–Crippen MR) is 137 cm³/mol. The normalized spacial score (nSPS) is 10.9. The van der Waals surface area contributed by atoms with Gasteiger partial charge in [0.05, 0.1) is 6.54 Å². The lowest BCUT2D eigenvalue weighted by Gasteiger charge is -2.22. The van der Waals surface area contributed by atoms with Crippen molar-refractivity contribution in [3.63, 3.8) is 0 Å². The molecule has 0 saturated heterocycles. The van der Waals surface area contributed by atoms with E-state index in [1.54, 1.807) is 17.3 Å². The summed E-state index contributed by atoms with van der Waals surface area (Å²) in [6.07, 6.45) is 3.57. The van der Waals surface area contributed by atoms with Gasteiger partial charge < -0.3 is 14.6 Å². The Morgan fingerprint density at radius 1 is 0.882 bits per heavy atom. The third-order valence-electron chi connectivity index (χ3n) is 5.75. The number of hydrogen-bond acceptors (Lipinski definition) is 4. The number of nitrogens with one attached hydrogen (secondary N) is 1. The average molecular weight is 448 g/mol. The number of pyridine rings is 1. The van der Waals surface area contributed by atoms with Crippen LogP contribution in [0.5, 0.6) is 0 Å². The zero-order valence-corrected chi connectivity index (χ0v) is 18.9. The summed E-state index contributed by atoms with van der Waals surface area (Å²) in [5.74, 6) is 0.149. The summed E-state index contributed by atoms with van der Waals surface area (Å²) in [5, 5.41) is 4.21. The van der Waals surface area contributed by atoms with Gasteiger partial charge in [0.15, 0.2) is 5.76 Å². The van der Waals surface area contributed by atoms with Crippen molar-refractivity contribution < 1.29 is 9.21 Å². The van der Waals surface area contributed by atoms with Gasteiger partial charge >= 0.3 is 0 Å². The molecule has 0 fully saturated rings. The molecule has 0 atom stereocenters. The monoisotopic (exact) mass is 447 g/mol. The van der Waals surface area contributed by atoms with Crippen molar-refractivity contribution in [2.24, 2.45) is 0 Å². The van der Waals surface area contributed by atoms with Gasteiger partial charge in [-0.25, -0.2) is 0 Å². The number of amides is 1. The van der Waals surface area contributed by atoms with Crippen molar-refractivity contribution >= 4 is 28.3 Å². The number of hydrogen-bond donors (Lipinski definition) is 1. The fraction of sp³-hybridized carbons (Fsp3) is 0.103. The van der Waals surface area contributed by atoms with Crippen LogP contribution in [-0.2, 0) is 6.54 Å². The largest absolute Gasteiger partial charge is 0.451 e. The van der Waals surface area contributed by atoms with Crippen LogP contribution in [0.3, 0.4) is 0 Å². The second-order valence-electron chi connectivity index (χ2n) is 8.05. The molecule has 0 spiro atoms. The van der Waals surface area contributed by atoms with Crippen molar-refractivity contribution in [1.29, 1.82) is 0 Å². The zero-order chi connectivity index (χ0) is 23.3. The van der Waals surface area contributed by atoms with E-state index in [-0.39, 0.29) is 5.91 Å². The molecular weight excluding hydrogens is 422 g/mol. The number of aromatic nitrogens is 1. The molecule has 0 saturated carbocycles. The van der Waals surface area contributed by atoms with E-state index >= 15 is 0 Å². The number of furan rings is 1. The SMILES string of the molecule is CCNc1ccc(N(Cc2ccc(-c3ccncc3)cc2)C(=O)c2cc3ccccc3o2)cc1. The van der Waals surface area contributed by atoms with Gasteiger partial charge in [-0.2, -0.15) is 0 Å². The Kier molecular flexibility index (Phi) is 6.08. The van der Waals surface area contributed by atoms with Crippen LogP contribution < -0.4 is 10.2 Å². The highest BCUT2D eigenvalue weighted by Gasteiger charge is 2.22. The first-order valence-electron chi connectivity index (χ1n) is 11.3. The van der Waals surface area contributed by atoms with Gasteiger partial charge in [-0.3, -0.25) is 9.78 Å². The molecule has 34 heavy (non-hydrogen) atoms. The summed E-state index contributed by atoms with van der Waals surface area (Å²) in [6, 6.07) is 29.6. The van der Waals surface area contributed by atoms with Crippen LogP contribution in [0.1, 0.15) is 23.0 Å². The highest BCUT2D eigenvalue weighted by Crippen LogP contribution is 2.27. The molecule has 1 amide bonds. The molecule has 5 nitrogen and oxygen atoms in total. The number of benzene rings is 3. The standard InChI is InChI=1S/C29H25N3O2/c1-2-31-25-11-13-26(14-12-25)32(29(33)28-19-24-5-3-4-6-27(24)34-28)20-21-7-9-22(10-8-21)23-15-17-30-18-16-23/h3-19,31H,2,20H2,1H3. The Balaban J connectivity index is 1.46. The van der Waals surface area contributed by atoms with Gasteiger partial charge in [-0.1, -0.05) is 42.5 Å². The van der Waals surface area contributed by atoms with Crippen molar-refractivity contribution in [2.45, 2.75) is 13.5 Å². The summed E-state index contributed by atoms with van der Waals surface area (Å²) in [6.45, 7) is 3.32. The molecule has 5 heteroatoms. The molecule has 5 aromatic rings. The van der Waals surface area contributed by atoms with E-state index in [1.165, 1.54) is 0 Å². The molecule has 5 rings (SSSR count). The number of carbonyl (C=O) groups is 1. The van der Waals surface area contributed by atoms with E-state index in [0.717, 1.165) is 40.0 Å². The van der Waals surface area contributed by atoms with Gasteiger partial charge in [-0.05, 0) is 72.1 Å². The zero-order valence-electron chi connectivity index (χ0n) is 18.9.